The van der Waals surface area contributed by atoms with E-state index in [1.54, 1.807) is 0 Å². The number of anilines is 1. The van der Waals surface area contributed by atoms with Gasteiger partial charge in [-0.3, -0.25) is 0 Å². The van der Waals surface area contributed by atoms with Crippen LogP contribution >= 0.6 is 11.5 Å². The molecule has 4 heteroatoms. The summed E-state index contributed by atoms with van der Waals surface area (Å²) in [4.78, 5) is 6.80. The summed E-state index contributed by atoms with van der Waals surface area (Å²) in [5.74, 6) is 0.897. The topological polar surface area (TPSA) is 29.0 Å². The highest BCUT2D eigenvalue weighted by molar-refractivity contribution is 7.09. The number of nitrogens with zero attached hydrogens (tertiary/aromatic N) is 3. The third-order valence-electron chi connectivity index (χ3n) is 2.69. The molecule has 1 fully saturated rings. The van der Waals surface area contributed by atoms with Crippen LogP contribution in [0.4, 0.5) is 5.13 Å². The maximum absolute atomic E-state index is 4.43. The van der Waals surface area contributed by atoms with Crippen molar-refractivity contribution in [1.29, 1.82) is 0 Å². The van der Waals surface area contributed by atoms with Gasteiger partial charge in [-0.2, -0.15) is 4.37 Å². The molecule has 0 atom stereocenters. The normalized spacial score (nSPS) is 21.2. The molecule has 0 spiro atoms. The largest absolute Gasteiger partial charge is 0.346 e. The highest BCUT2D eigenvalue weighted by Gasteiger charge is 2.27. The maximum Gasteiger partial charge on any atom is 0.205 e. The van der Waals surface area contributed by atoms with E-state index in [1.807, 2.05) is 6.92 Å². The fourth-order valence-corrected chi connectivity index (χ4v) is 2.70. The van der Waals surface area contributed by atoms with Gasteiger partial charge in [0.1, 0.15) is 5.82 Å². The lowest BCUT2D eigenvalue weighted by Gasteiger charge is -2.37. The third kappa shape index (κ3) is 2.05. The summed E-state index contributed by atoms with van der Waals surface area (Å²) in [5, 5.41) is 1.09. The number of aromatic nitrogens is 2. The summed E-state index contributed by atoms with van der Waals surface area (Å²) >= 11 is 1.52. The van der Waals surface area contributed by atoms with Crippen LogP contribution in [0, 0.1) is 12.3 Å². The van der Waals surface area contributed by atoms with E-state index in [1.165, 1.54) is 24.4 Å². The Morgan fingerprint density at radius 3 is 2.79 bits per heavy atom. The number of aryl methyl sites for hydroxylation is 1. The minimum absolute atomic E-state index is 0.428. The molecule has 1 aromatic heterocycles. The van der Waals surface area contributed by atoms with E-state index in [-0.39, 0.29) is 0 Å². The number of hydrogen-bond acceptors (Lipinski definition) is 4. The van der Waals surface area contributed by atoms with Crippen molar-refractivity contribution in [3.8, 4) is 0 Å². The van der Waals surface area contributed by atoms with Gasteiger partial charge in [0, 0.05) is 24.6 Å². The predicted octanol–water partition coefficient (Wildman–Crippen LogP) is 2.47. The molecule has 0 aromatic carbocycles. The van der Waals surface area contributed by atoms with Crippen LogP contribution in [0.5, 0.6) is 0 Å². The molecule has 0 bridgehead atoms. The zero-order valence-electron chi connectivity index (χ0n) is 9.08. The summed E-state index contributed by atoms with van der Waals surface area (Å²) < 4.78 is 4.23. The summed E-state index contributed by atoms with van der Waals surface area (Å²) in [7, 11) is 0. The monoisotopic (exact) mass is 211 g/mol. The molecule has 3 nitrogen and oxygen atoms in total. The second-order valence-corrected chi connectivity index (χ2v) is 5.54. The third-order valence-corrected chi connectivity index (χ3v) is 3.56. The molecule has 0 unspecified atom stereocenters. The van der Waals surface area contributed by atoms with Crippen LogP contribution in [-0.4, -0.2) is 22.4 Å². The van der Waals surface area contributed by atoms with E-state index < -0.39 is 0 Å². The van der Waals surface area contributed by atoms with Gasteiger partial charge in [-0.1, -0.05) is 13.8 Å². The lowest BCUT2D eigenvalue weighted by atomic mass is 9.84. The van der Waals surface area contributed by atoms with Crippen LogP contribution in [0.15, 0.2) is 0 Å². The fourth-order valence-electron chi connectivity index (χ4n) is 2.00. The van der Waals surface area contributed by atoms with E-state index in [0.717, 1.165) is 24.0 Å². The Hall–Kier alpha value is -0.640. The van der Waals surface area contributed by atoms with Gasteiger partial charge in [-0.25, -0.2) is 4.98 Å². The van der Waals surface area contributed by atoms with E-state index >= 15 is 0 Å². The highest BCUT2D eigenvalue weighted by atomic mass is 32.1. The molecule has 0 radical (unpaired) electrons. The van der Waals surface area contributed by atoms with E-state index in [2.05, 4.69) is 28.1 Å². The Balaban J connectivity index is 2.12. The minimum Gasteiger partial charge on any atom is -0.346 e. The van der Waals surface area contributed by atoms with E-state index in [0.29, 0.717) is 5.41 Å². The second kappa shape index (κ2) is 3.50. The molecule has 0 amide bonds. The first-order valence-electron chi connectivity index (χ1n) is 5.12. The molecule has 1 aliphatic heterocycles. The van der Waals surface area contributed by atoms with Crippen molar-refractivity contribution in [3.63, 3.8) is 0 Å². The average molecular weight is 211 g/mol. The Morgan fingerprint density at radius 1 is 1.43 bits per heavy atom. The molecule has 1 saturated heterocycles. The van der Waals surface area contributed by atoms with Crippen LogP contribution in [-0.2, 0) is 0 Å². The van der Waals surface area contributed by atoms with Gasteiger partial charge in [0.05, 0.1) is 0 Å². The van der Waals surface area contributed by atoms with Gasteiger partial charge in [0.2, 0.25) is 5.13 Å². The van der Waals surface area contributed by atoms with Crippen molar-refractivity contribution in [1.82, 2.24) is 9.36 Å². The molecule has 0 aliphatic carbocycles. The molecular weight excluding hydrogens is 194 g/mol. The summed E-state index contributed by atoms with van der Waals surface area (Å²) in [6.45, 7) is 8.86. The first-order chi connectivity index (χ1) is 6.57. The second-order valence-electron chi connectivity index (χ2n) is 4.81. The van der Waals surface area contributed by atoms with Gasteiger partial charge >= 0.3 is 0 Å². The smallest absolute Gasteiger partial charge is 0.205 e. The van der Waals surface area contributed by atoms with Crippen LogP contribution in [0.3, 0.4) is 0 Å². The Bertz CT molecular complexity index is 319. The molecule has 78 valence electrons. The lowest BCUT2D eigenvalue weighted by molar-refractivity contribution is 0.293. The van der Waals surface area contributed by atoms with E-state index in [4.69, 9.17) is 0 Å². The first-order valence-corrected chi connectivity index (χ1v) is 5.89. The number of rotatable bonds is 1. The van der Waals surface area contributed by atoms with Gasteiger partial charge in [0.15, 0.2) is 0 Å². The van der Waals surface area contributed by atoms with Crippen LogP contribution in [0.1, 0.15) is 32.5 Å². The van der Waals surface area contributed by atoms with Gasteiger partial charge in [0.25, 0.3) is 0 Å². The average Bonchev–Trinajstić information content (AvgIpc) is 2.50. The predicted molar refractivity (Wildman–Crippen MR) is 59.9 cm³/mol. The standard InChI is InChI=1S/C10H17N3S/c1-8-11-9(14-12-8)13-6-4-5-10(2,3)7-13/h4-7H2,1-3H3. The highest BCUT2D eigenvalue weighted by Crippen LogP contribution is 2.31. The van der Waals surface area contributed by atoms with Gasteiger partial charge in [-0.15, -0.1) is 0 Å². The molecule has 2 rings (SSSR count). The molecule has 0 saturated carbocycles. The molecule has 1 aromatic rings. The van der Waals surface area contributed by atoms with Crippen molar-refractivity contribution in [3.05, 3.63) is 5.82 Å². The Morgan fingerprint density at radius 2 is 2.21 bits per heavy atom. The van der Waals surface area contributed by atoms with Crippen LogP contribution in [0.2, 0.25) is 0 Å². The number of piperidine rings is 1. The molecule has 0 N–H and O–H groups in total. The summed E-state index contributed by atoms with van der Waals surface area (Å²) in [5.41, 5.74) is 0.428. The Labute approximate surface area is 89.3 Å². The lowest BCUT2D eigenvalue weighted by Crippen LogP contribution is -2.40. The maximum atomic E-state index is 4.43. The SMILES string of the molecule is Cc1nsc(N2CCCC(C)(C)C2)n1. The van der Waals surface area contributed by atoms with Crippen molar-refractivity contribution in [2.45, 2.75) is 33.6 Å². The van der Waals surface area contributed by atoms with Crippen LogP contribution in [0.25, 0.3) is 0 Å². The van der Waals surface area contributed by atoms with Crippen molar-refractivity contribution in [2.75, 3.05) is 18.0 Å². The van der Waals surface area contributed by atoms with Crippen molar-refractivity contribution in [2.24, 2.45) is 5.41 Å². The first kappa shape index (κ1) is 9.90. The molecule has 14 heavy (non-hydrogen) atoms. The van der Waals surface area contributed by atoms with Crippen molar-refractivity contribution >= 4 is 16.7 Å². The molecular formula is C10H17N3S. The zero-order chi connectivity index (χ0) is 10.2. The zero-order valence-corrected chi connectivity index (χ0v) is 9.89. The van der Waals surface area contributed by atoms with Crippen molar-refractivity contribution < 1.29 is 0 Å². The summed E-state index contributed by atoms with van der Waals surface area (Å²) in [6, 6.07) is 0. The van der Waals surface area contributed by atoms with E-state index in [9.17, 15) is 0 Å². The molecule has 1 aliphatic rings. The van der Waals surface area contributed by atoms with Gasteiger partial charge < -0.3 is 4.90 Å². The van der Waals surface area contributed by atoms with Crippen LogP contribution < -0.4 is 4.90 Å². The molecule has 2 heterocycles. The Kier molecular flexibility index (Phi) is 2.47. The fraction of sp³-hybridized carbons (Fsp3) is 0.800. The summed E-state index contributed by atoms with van der Waals surface area (Å²) in [6.07, 6.45) is 2.59. The number of hydrogen-bond donors (Lipinski definition) is 0. The quantitative estimate of drug-likeness (QED) is 0.714. The minimum atomic E-state index is 0.428. The van der Waals surface area contributed by atoms with Gasteiger partial charge in [-0.05, 0) is 25.2 Å².